The molecule has 0 spiro atoms. The summed E-state index contributed by atoms with van der Waals surface area (Å²) in [4.78, 5) is 52.5. The van der Waals surface area contributed by atoms with Crippen molar-refractivity contribution >= 4 is 35.3 Å². The monoisotopic (exact) mass is 512 g/mol. The molecule has 6 atom stereocenters. The summed E-state index contributed by atoms with van der Waals surface area (Å²) < 4.78 is 16.4. The van der Waals surface area contributed by atoms with Gasteiger partial charge in [0.2, 0.25) is 5.78 Å². The van der Waals surface area contributed by atoms with Crippen LogP contribution in [0.1, 0.15) is 55.1 Å². The average molecular weight is 513 g/mol. The minimum absolute atomic E-state index is 0.0575. The number of allylic oxidation sites excluding steroid dienone is 1. The second kappa shape index (κ2) is 8.62. The number of aliphatic carboxylic acids is 1. The number of esters is 2. The highest BCUT2D eigenvalue weighted by Crippen LogP contribution is 2.64. The van der Waals surface area contributed by atoms with Gasteiger partial charge in [0.1, 0.15) is 6.10 Å². The molecule has 0 bridgehead atoms. The molecule has 1 N–H and O–H groups in total. The summed E-state index contributed by atoms with van der Waals surface area (Å²) in [5.41, 5.74) is -1.21. The molecule has 2 aliphatic carbocycles. The summed E-state index contributed by atoms with van der Waals surface area (Å²) in [7, 11) is 0. The molecule has 188 valence electrons. The molecule has 0 amide bonds. The quantitative estimate of drug-likeness (QED) is 0.569. The first-order valence-electron chi connectivity index (χ1n) is 11.7. The van der Waals surface area contributed by atoms with Gasteiger partial charge in [0, 0.05) is 11.5 Å². The zero-order valence-electron chi connectivity index (χ0n) is 19.7. The second-order valence-electron chi connectivity index (χ2n) is 10.3. The van der Waals surface area contributed by atoms with Crippen molar-refractivity contribution in [1.29, 1.82) is 0 Å². The molecule has 36 heavy (non-hydrogen) atoms. The van der Waals surface area contributed by atoms with Crippen LogP contribution in [-0.2, 0) is 23.9 Å². The maximum absolute atomic E-state index is 14.0. The fourth-order valence-electron chi connectivity index (χ4n) is 6.56. The topological polar surface area (TPSA) is 120 Å². The maximum atomic E-state index is 14.0. The first-order chi connectivity index (χ1) is 17.1. The number of furan rings is 1. The summed E-state index contributed by atoms with van der Waals surface area (Å²) in [6, 6.07) is 7.93. The Morgan fingerprint density at radius 2 is 1.89 bits per heavy atom. The van der Waals surface area contributed by atoms with Crippen molar-refractivity contribution < 1.29 is 38.2 Å². The molecule has 6 unspecified atom stereocenters. The molecular formula is C27H25ClO8. The third kappa shape index (κ3) is 3.66. The average Bonchev–Trinajstić information content (AvgIpc) is 3.35. The molecule has 9 heteroatoms. The predicted molar refractivity (Wildman–Crippen MR) is 126 cm³/mol. The van der Waals surface area contributed by atoms with Crippen molar-refractivity contribution in [3.63, 3.8) is 0 Å². The van der Waals surface area contributed by atoms with Crippen molar-refractivity contribution in [3.05, 3.63) is 70.8 Å². The third-order valence-corrected chi connectivity index (χ3v) is 8.60. The van der Waals surface area contributed by atoms with E-state index in [1.54, 1.807) is 25.1 Å². The van der Waals surface area contributed by atoms with E-state index >= 15 is 0 Å². The third-order valence-electron chi connectivity index (χ3n) is 8.27. The lowest BCUT2D eigenvalue weighted by Crippen LogP contribution is -2.61. The molecule has 0 radical (unpaired) electrons. The molecule has 1 saturated heterocycles. The Morgan fingerprint density at radius 1 is 1.14 bits per heavy atom. The van der Waals surface area contributed by atoms with Gasteiger partial charge in [-0.15, -0.1) is 0 Å². The van der Waals surface area contributed by atoms with E-state index < -0.39 is 58.4 Å². The second-order valence-corrected chi connectivity index (χ2v) is 10.7. The summed E-state index contributed by atoms with van der Waals surface area (Å²) in [5, 5.41) is 10.3. The normalized spacial score (nSPS) is 33.6. The van der Waals surface area contributed by atoms with Crippen molar-refractivity contribution in [1.82, 2.24) is 0 Å². The van der Waals surface area contributed by atoms with Crippen LogP contribution in [0.5, 0.6) is 0 Å². The molecule has 2 fully saturated rings. The van der Waals surface area contributed by atoms with Gasteiger partial charge < -0.3 is 19.0 Å². The lowest BCUT2D eigenvalue weighted by molar-refractivity contribution is -0.197. The number of ether oxygens (including phenoxy) is 2. The molecular weight excluding hydrogens is 488 g/mol. The molecule has 1 aromatic carbocycles. The van der Waals surface area contributed by atoms with Gasteiger partial charge in [0.25, 0.3) is 0 Å². The van der Waals surface area contributed by atoms with Crippen LogP contribution in [-0.4, -0.2) is 28.8 Å². The number of rotatable bonds is 4. The number of fused-ring (bicyclic) bond motifs is 3. The largest absolute Gasteiger partial charge is 0.481 e. The molecule has 1 aromatic heterocycles. The van der Waals surface area contributed by atoms with Crippen LogP contribution in [0.4, 0.5) is 0 Å². The Balaban J connectivity index is 1.56. The van der Waals surface area contributed by atoms with Crippen LogP contribution in [0.3, 0.4) is 0 Å². The van der Waals surface area contributed by atoms with E-state index in [4.69, 9.17) is 25.5 Å². The van der Waals surface area contributed by atoms with Gasteiger partial charge in [0.05, 0.1) is 34.9 Å². The number of carbonyl (C=O) groups excluding carboxylic acids is 3. The number of halogens is 1. The van der Waals surface area contributed by atoms with Gasteiger partial charge in [0.15, 0.2) is 5.76 Å². The molecule has 2 aromatic rings. The Hall–Kier alpha value is -3.39. The Kier molecular flexibility index (Phi) is 5.82. The number of Topliss-reactive ketones (excluding diaryl/α,β-unsaturated/α-hetero) is 1. The van der Waals surface area contributed by atoms with Crippen LogP contribution in [0.15, 0.2) is 59.1 Å². The van der Waals surface area contributed by atoms with Gasteiger partial charge in [-0.1, -0.05) is 37.6 Å². The highest BCUT2D eigenvalue weighted by atomic mass is 35.5. The zero-order chi connectivity index (χ0) is 25.8. The number of ketones is 1. The summed E-state index contributed by atoms with van der Waals surface area (Å²) in [5.74, 6) is -5.85. The molecule has 5 rings (SSSR count). The molecule has 2 heterocycles. The number of cyclic esters (lactones) is 1. The Morgan fingerprint density at radius 3 is 2.56 bits per heavy atom. The van der Waals surface area contributed by atoms with Crippen molar-refractivity contribution in [3.8, 4) is 0 Å². The van der Waals surface area contributed by atoms with Crippen LogP contribution in [0, 0.1) is 28.6 Å². The number of hydrogen-bond donors (Lipinski definition) is 1. The van der Waals surface area contributed by atoms with Crippen molar-refractivity contribution in [2.24, 2.45) is 28.6 Å². The first kappa shape index (κ1) is 24.3. The summed E-state index contributed by atoms with van der Waals surface area (Å²) >= 11 is 6.12. The lowest BCUT2D eigenvalue weighted by atomic mass is 9.44. The molecule has 1 saturated carbocycles. The smallest absolute Gasteiger partial charge is 0.345 e. The number of carboxylic acids is 1. The van der Waals surface area contributed by atoms with Crippen molar-refractivity contribution in [2.45, 2.75) is 39.2 Å². The van der Waals surface area contributed by atoms with E-state index in [1.165, 1.54) is 30.7 Å². The molecule has 8 nitrogen and oxygen atoms in total. The maximum Gasteiger partial charge on any atom is 0.345 e. The molecule has 3 aliphatic rings. The SMILES string of the molecule is CC12CCC3C(=O)OC(c4ccoc4)CC3(C)C1C(=O)C(OC(=O)c1ccccc1Cl)=CC2C(=O)O. The van der Waals surface area contributed by atoms with E-state index in [-0.39, 0.29) is 16.3 Å². The first-order valence-corrected chi connectivity index (χ1v) is 12.1. The fourth-order valence-corrected chi connectivity index (χ4v) is 6.77. The van der Waals surface area contributed by atoms with Gasteiger partial charge in [-0.05, 0) is 54.4 Å². The van der Waals surface area contributed by atoms with Gasteiger partial charge in [-0.25, -0.2) is 4.79 Å². The lowest BCUT2D eigenvalue weighted by Gasteiger charge is -2.59. The minimum atomic E-state index is -1.13. The number of hydrogen-bond acceptors (Lipinski definition) is 7. The Bertz CT molecular complexity index is 1280. The van der Waals surface area contributed by atoms with Crippen LogP contribution in [0.2, 0.25) is 5.02 Å². The fraction of sp³-hybridized carbons (Fsp3) is 0.407. The van der Waals surface area contributed by atoms with E-state index in [2.05, 4.69) is 0 Å². The van der Waals surface area contributed by atoms with E-state index in [0.717, 1.165) is 0 Å². The van der Waals surface area contributed by atoms with Crippen molar-refractivity contribution in [2.75, 3.05) is 0 Å². The van der Waals surface area contributed by atoms with E-state index in [9.17, 15) is 24.3 Å². The number of carboxylic acid groups (broad SMARTS) is 1. The number of benzene rings is 1. The van der Waals surface area contributed by atoms with Gasteiger partial charge in [-0.3, -0.25) is 14.4 Å². The summed E-state index contributed by atoms with van der Waals surface area (Å²) in [6.45, 7) is 3.61. The van der Waals surface area contributed by atoms with E-state index in [0.29, 0.717) is 24.8 Å². The van der Waals surface area contributed by atoms with Crippen LogP contribution >= 0.6 is 11.6 Å². The minimum Gasteiger partial charge on any atom is -0.481 e. The molecule has 1 aliphatic heterocycles. The number of carbonyl (C=O) groups is 4. The van der Waals surface area contributed by atoms with Crippen LogP contribution < -0.4 is 0 Å². The van der Waals surface area contributed by atoms with Gasteiger partial charge >= 0.3 is 17.9 Å². The standard InChI is InChI=1S/C27H25ClO8/c1-26-9-7-16-25(33)36-20(14-8-10-34-13-14)12-27(16,2)22(26)21(29)19(11-17(26)23(30)31)35-24(32)15-5-3-4-6-18(15)28/h3-6,8,10-11,13,16-17,20,22H,7,9,12H2,1-2H3,(H,30,31). The van der Waals surface area contributed by atoms with E-state index in [1.807, 2.05) is 6.92 Å². The Labute approximate surface area is 212 Å². The highest BCUT2D eigenvalue weighted by Gasteiger charge is 2.66. The van der Waals surface area contributed by atoms with Crippen LogP contribution in [0.25, 0.3) is 0 Å². The summed E-state index contributed by atoms with van der Waals surface area (Å²) in [6.07, 6.45) is 4.57. The predicted octanol–water partition coefficient (Wildman–Crippen LogP) is 4.98. The zero-order valence-corrected chi connectivity index (χ0v) is 20.5. The highest BCUT2D eigenvalue weighted by molar-refractivity contribution is 6.33. The van der Waals surface area contributed by atoms with Gasteiger partial charge in [-0.2, -0.15) is 0 Å².